The second-order valence-corrected chi connectivity index (χ2v) is 8.60. The largest absolute Gasteiger partial charge is 0.454 e. The van der Waals surface area contributed by atoms with E-state index in [1.807, 2.05) is 19.1 Å². The number of rotatable bonds is 7. The van der Waals surface area contributed by atoms with E-state index in [9.17, 15) is 14.4 Å². The van der Waals surface area contributed by atoms with Crippen molar-refractivity contribution in [2.24, 2.45) is 5.10 Å². The van der Waals surface area contributed by atoms with Gasteiger partial charge in [-0.3, -0.25) is 9.59 Å². The topological polar surface area (TPSA) is 115 Å². The first-order valence-corrected chi connectivity index (χ1v) is 12.0. The predicted octanol–water partition coefficient (Wildman–Crippen LogP) is 4.96. The first-order valence-electron chi connectivity index (χ1n) is 12.0. The SMILES string of the molecule is Cc1cccc(C(=O)Nc2cccc(C(=O)NN=Cc3ccccc3OC(=O)c3ccc4c(c3)OCO4)c2)c1. The first kappa shape index (κ1) is 25.2. The molecular formula is C30H23N3O6. The molecule has 1 aliphatic heterocycles. The maximum atomic E-state index is 12.7. The van der Waals surface area contributed by atoms with Crippen LogP contribution in [0, 0.1) is 6.92 Å². The molecule has 5 rings (SSSR count). The lowest BCUT2D eigenvalue weighted by Crippen LogP contribution is -2.18. The molecule has 0 unspecified atom stereocenters. The van der Waals surface area contributed by atoms with Crippen LogP contribution in [0.25, 0.3) is 0 Å². The summed E-state index contributed by atoms with van der Waals surface area (Å²) < 4.78 is 16.1. The second kappa shape index (κ2) is 11.3. The minimum atomic E-state index is -0.581. The number of carbonyl (C=O) groups is 3. The molecule has 1 heterocycles. The molecule has 194 valence electrons. The maximum absolute atomic E-state index is 12.7. The number of hydrazone groups is 1. The summed E-state index contributed by atoms with van der Waals surface area (Å²) in [6.07, 6.45) is 1.38. The van der Waals surface area contributed by atoms with Crippen LogP contribution in [0.15, 0.2) is 96.1 Å². The molecule has 9 nitrogen and oxygen atoms in total. The summed E-state index contributed by atoms with van der Waals surface area (Å²) in [4.78, 5) is 37.9. The number of carbonyl (C=O) groups excluding carboxylic acids is 3. The van der Waals surface area contributed by atoms with Crippen molar-refractivity contribution >= 4 is 29.7 Å². The summed E-state index contributed by atoms with van der Waals surface area (Å²) in [6, 6.07) is 25.3. The Hall–Kier alpha value is -5.44. The first-order chi connectivity index (χ1) is 19.0. The Balaban J connectivity index is 1.22. The molecule has 4 aromatic carbocycles. The van der Waals surface area contributed by atoms with E-state index >= 15 is 0 Å². The number of nitrogens with one attached hydrogen (secondary N) is 2. The molecule has 4 aromatic rings. The van der Waals surface area contributed by atoms with Crippen LogP contribution in [0.1, 0.15) is 42.2 Å². The Morgan fingerprint density at radius 3 is 2.41 bits per heavy atom. The number of amides is 2. The van der Waals surface area contributed by atoms with E-state index in [0.29, 0.717) is 39.4 Å². The number of aryl methyl sites for hydroxylation is 1. The summed E-state index contributed by atoms with van der Waals surface area (Å²) in [6.45, 7) is 2.01. The van der Waals surface area contributed by atoms with Crippen LogP contribution < -0.4 is 25.0 Å². The third-order valence-electron chi connectivity index (χ3n) is 5.76. The number of benzene rings is 4. The Morgan fingerprint density at radius 2 is 1.56 bits per heavy atom. The molecule has 0 bridgehead atoms. The molecule has 0 spiro atoms. The molecule has 2 N–H and O–H groups in total. The number of esters is 1. The lowest BCUT2D eigenvalue weighted by Gasteiger charge is -2.08. The number of hydrogen-bond donors (Lipinski definition) is 2. The smallest absolute Gasteiger partial charge is 0.343 e. The van der Waals surface area contributed by atoms with E-state index < -0.39 is 11.9 Å². The standard InChI is InChI=1S/C30H23N3O6/c1-19-6-4-8-20(14-19)28(34)32-24-10-5-9-21(15-24)29(35)33-31-17-23-7-2-3-11-25(23)39-30(36)22-12-13-26-27(16-22)38-18-37-26/h2-17H,18H2,1H3,(H,32,34)(H,33,35). The summed E-state index contributed by atoms with van der Waals surface area (Å²) in [5, 5.41) is 6.81. The molecule has 39 heavy (non-hydrogen) atoms. The fourth-order valence-corrected chi connectivity index (χ4v) is 3.82. The van der Waals surface area contributed by atoms with Crippen molar-refractivity contribution in [3.8, 4) is 17.2 Å². The summed E-state index contributed by atoms with van der Waals surface area (Å²) in [5.74, 6) is -0.0366. The fourth-order valence-electron chi connectivity index (χ4n) is 3.82. The minimum absolute atomic E-state index is 0.102. The van der Waals surface area contributed by atoms with Crippen molar-refractivity contribution < 1.29 is 28.6 Å². The molecule has 0 aromatic heterocycles. The Kier molecular flexibility index (Phi) is 7.31. The third-order valence-corrected chi connectivity index (χ3v) is 5.76. The molecule has 1 aliphatic rings. The predicted molar refractivity (Wildman–Crippen MR) is 145 cm³/mol. The summed E-state index contributed by atoms with van der Waals surface area (Å²) in [7, 11) is 0. The van der Waals surface area contributed by atoms with Gasteiger partial charge in [-0.2, -0.15) is 5.10 Å². The van der Waals surface area contributed by atoms with E-state index in [1.165, 1.54) is 6.21 Å². The molecule has 0 atom stereocenters. The zero-order valence-corrected chi connectivity index (χ0v) is 20.8. The number of ether oxygens (including phenoxy) is 3. The Morgan fingerprint density at radius 1 is 0.795 bits per heavy atom. The van der Waals surface area contributed by atoms with Crippen molar-refractivity contribution in [3.05, 3.63) is 119 Å². The third kappa shape index (κ3) is 6.11. The van der Waals surface area contributed by atoms with E-state index in [0.717, 1.165) is 5.56 Å². The van der Waals surface area contributed by atoms with E-state index in [2.05, 4.69) is 15.8 Å². The highest BCUT2D eigenvalue weighted by molar-refractivity contribution is 6.05. The lowest BCUT2D eigenvalue weighted by atomic mass is 10.1. The number of nitrogens with zero attached hydrogens (tertiary/aromatic N) is 1. The van der Waals surface area contributed by atoms with Gasteiger partial charge in [-0.05, 0) is 67.6 Å². The van der Waals surface area contributed by atoms with Gasteiger partial charge in [0.1, 0.15) is 5.75 Å². The molecule has 0 radical (unpaired) electrons. The Labute approximate surface area is 224 Å². The van der Waals surface area contributed by atoms with Crippen LogP contribution >= 0.6 is 0 Å². The molecule has 2 amide bonds. The second-order valence-electron chi connectivity index (χ2n) is 8.60. The van der Waals surface area contributed by atoms with Gasteiger partial charge in [0.25, 0.3) is 11.8 Å². The van der Waals surface area contributed by atoms with Crippen LogP contribution in [0.3, 0.4) is 0 Å². The average Bonchev–Trinajstić information content (AvgIpc) is 3.42. The number of para-hydroxylation sites is 1. The zero-order chi connectivity index (χ0) is 27.2. The van der Waals surface area contributed by atoms with Gasteiger partial charge < -0.3 is 19.5 Å². The van der Waals surface area contributed by atoms with E-state index in [-0.39, 0.29) is 18.4 Å². The van der Waals surface area contributed by atoms with Crippen molar-refractivity contribution in [3.63, 3.8) is 0 Å². The van der Waals surface area contributed by atoms with Crippen LogP contribution in [-0.4, -0.2) is 30.8 Å². The lowest BCUT2D eigenvalue weighted by molar-refractivity contribution is 0.0733. The number of anilines is 1. The number of fused-ring (bicyclic) bond motifs is 1. The molecule has 0 saturated carbocycles. The average molecular weight is 522 g/mol. The van der Waals surface area contributed by atoms with Gasteiger partial charge in [0, 0.05) is 22.4 Å². The molecule has 0 fully saturated rings. The van der Waals surface area contributed by atoms with Crippen molar-refractivity contribution in [2.75, 3.05) is 12.1 Å². The highest BCUT2D eigenvalue weighted by atomic mass is 16.7. The van der Waals surface area contributed by atoms with Gasteiger partial charge in [-0.15, -0.1) is 0 Å². The van der Waals surface area contributed by atoms with Gasteiger partial charge >= 0.3 is 5.97 Å². The molecule has 0 aliphatic carbocycles. The molecule has 0 saturated heterocycles. The summed E-state index contributed by atoms with van der Waals surface area (Å²) in [5.41, 5.74) is 5.50. The van der Waals surface area contributed by atoms with Crippen molar-refractivity contribution in [2.45, 2.75) is 6.92 Å². The highest BCUT2D eigenvalue weighted by Gasteiger charge is 2.18. The van der Waals surface area contributed by atoms with E-state index in [1.54, 1.807) is 78.9 Å². The van der Waals surface area contributed by atoms with Gasteiger partial charge in [0.15, 0.2) is 11.5 Å². The van der Waals surface area contributed by atoms with E-state index in [4.69, 9.17) is 14.2 Å². The van der Waals surface area contributed by atoms with Gasteiger partial charge in [0.05, 0.1) is 11.8 Å². The normalized spacial score (nSPS) is 11.7. The van der Waals surface area contributed by atoms with Gasteiger partial charge in [0.2, 0.25) is 6.79 Å². The van der Waals surface area contributed by atoms with Crippen LogP contribution in [0.2, 0.25) is 0 Å². The fraction of sp³-hybridized carbons (Fsp3) is 0.0667. The number of hydrogen-bond acceptors (Lipinski definition) is 7. The maximum Gasteiger partial charge on any atom is 0.343 e. The van der Waals surface area contributed by atoms with Crippen LogP contribution in [0.4, 0.5) is 5.69 Å². The van der Waals surface area contributed by atoms with Crippen LogP contribution in [-0.2, 0) is 0 Å². The zero-order valence-electron chi connectivity index (χ0n) is 20.8. The van der Waals surface area contributed by atoms with Crippen molar-refractivity contribution in [1.29, 1.82) is 0 Å². The van der Waals surface area contributed by atoms with Gasteiger partial charge in [-0.1, -0.05) is 35.9 Å². The quantitative estimate of drug-likeness (QED) is 0.154. The molecular weight excluding hydrogens is 498 g/mol. The minimum Gasteiger partial charge on any atom is -0.454 e. The molecule has 9 heteroatoms. The van der Waals surface area contributed by atoms with Crippen LogP contribution in [0.5, 0.6) is 17.2 Å². The van der Waals surface area contributed by atoms with Crippen molar-refractivity contribution in [1.82, 2.24) is 5.43 Å². The summed E-state index contributed by atoms with van der Waals surface area (Å²) >= 11 is 0. The Bertz CT molecular complexity index is 1600. The highest BCUT2D eigenvalue weighted by Crippen LogP contribution is 2.33. The monoisotopic (exact) mass is 521 g/mol. The van der Waals surface area contributed by atoms with Gasteiger partial charge in [-0.25, -0.2) is 10.2 Å².